The second kappa shape index (κ2) is 9.15. The fourth-order valence-electron chi connectivity index (χ4n) is 2.87. The van der Waals surface area contributed by atoms with Crippen molar-refractivity contribution in [3.63, 3.8) is 0 Å². The smallest absolute Gasteiger partial charge is 0.350 e. The van der Waals surface area contributed by atoms with Crippen molar-refractivity contribution in [2.75, 3.05) is 5.01 Å². The molecule has 8 heteroatoms. The highest BCUT2D eigenvalue weighted by Gasteiger charge is 2.17. The van der Waals surface area contributed by atoms with Crippen LogP contribution in [0.5, 0.6) is 5.75 Å². The maximum absolute atomic E-state index is 11.8. The van der Waals surface area contributed by atoms with E-state index in [2.05, 4.69) is 0 Å². The van der Waals surface area contributed by atoms with E-state index in [4.69, 9.17) is 39.6 Å². The zero-order chi connectivity index (χ0) is 21.0. The molecule has 3 rings (SSSR count). The van der Waals surface area contributed by atoms with Gasteiger partial charge in [0.1, 0.15) is 12.4 Å². The van der Waals surface area contributed by atoms with E-state index in [0.717, 1.165) is 27.3 Å². The van der Waals surface area contributed by atoms with E-state index in [1.807, 2.05) is 54.8 Å². The molecule has 3 aromatic rings. The molecule has 5 N–H and O–H groups in total. The van der Waals surface area contributed by atoms with Gasteiger partial charge in [-0.25, -0.2) is 21.5 Å². The number of carbonyl (C=O) groups is 1. The fourth-order valence-corrected chi connectivity index (χ4v) is 3.16. The number of ether oxygens (including phenoxy) is 1. The molecule has 6 nitrogen and oxygen atoms in total. The van der Waals surface area contributed by atoms with Crippen molar-refractivity contribution in [3.8, 4) is 16.9 Å². The number of aryl methyl sites for hydroxylation is 1. The Morgan fingerprint density at radius 3 is 2.45 bits per heavy atom. The van der Waals surface area contributed by atoms with Crippen LogP contribution >= 0.6 is 23.2 Å². The first-order valence-electron chi connectivity index (χ1n) is 8.73. The first-order valence-corrected chi connectivity index (χ1v) is 9.48. The predicted molar refractivity (Wildman–Crippen MR) is 117 cm³/mol. The van der Waals surface area contributed by atoms with Crippen LogP contribution in [0.4, 0.5) is 10.5 Å². The molecule has 0 unspecified atom stereocenters. The number of nitrogens with two attached hydrogens (primary N) is 2. The molecule has 0 bridgehead atoms. The van der Waals surface area contributed by atoms with Gasteiger partial charge in [0.05, 0.1) is 10.7 Å². The Labute approximate surface area is 178 Å². The molecule has 0 radical (unpaired) electrons. The molecule has 3 aromatic carbocycles. The number of rotatable bonds is 5. The van der Waals surface area contributed by atoms with Gasteiger partial charge >= 0.3 is 6.03 Å². The van der Waals surface area contributed by atoms with Crippen molar-refractivity contribution >= 4 is 34.9 Å². The lowest BCUT2D eigenvalue weighted by atomic mass is 10.1. The Hall–Kier alpha value is -2.77. The Bertz CT molecular complexity index is 1030. The van der Waals surface area contributed by atoms with Crippen molar-refractivity contribution in [2.24, 2.45) is 11.7 Å². The molecule has 0 spiro atoms. The summed E-state index contributed by atoms with van der Waals surface area (Å²) in [4.78, 5) is 11.8. The minimum Gasteiger partial charge on any atom is -0.487 e. The molecule has 29 heavy (non-hydrogen) atoms. The van der Waals surface area contributed by atoms with Crippen LogP contribution in [0, 0.1) is 6.92 Å². The third-order valence-electron chi connectivity index (χ3n) is 4.47. The van der Waals surface area contributed by atoms with Gasteiger partial charge in [-0.15, -0.1) is 0 Å². The molecule has 0 atom stereocenters. The van der Waals surface area contributed by atoms with E-state index in [0.29, 0.717) is 21.5 Å². The molecule has 0 heterocycles. The summed E-state index contributed by atoms with van der Waals surface area (Å²) in [5.74, 6) is 11.6. The summed E-state index contributed by atoms with van der Waals surface area (Å²) in [5, 5.41) is 2.08. The molecule has 0 aliphatic heterocycles. The van der Waals surface area contributed by atoms with Gasteiger partial charge in [-0.3, -0.25) is 5.43 Å². The number of anilines is 1. The number of hydrogen-bond donors (Lipinski definition) is 3. The van der Waals surface area contributed by atoms with Gasteiger partial charge in [0.2, 0.25) is 0 Å². The monoisotopic (exact) mass is 430 g/mol. The summed E-state index contributed by atoms with van der Waals surface area (Å²) in [6, 6.07) is 17.8. The van der Waals surface area contributed by atoms with Gasteiger partial charge in [0, 0.05) is 10.6 Å². The lowest BCUT2D eigenvalue weighted by molar-refractivity contribution is 0.246. The van der Waals surface area contributed by atoms with Gasteiger partial charge in [-0.1, -0.05) is 53.5 Å². The first kappa shape index (κ1) is 21.0. The molecule has 0 fully saturated rings. The normalized spacial score (nSPS) is 10.5. The second-order valence-corrected chi connectivity index (χ2v) is 7.18. The minimum atomic E-state index is -0.639. The van der Waals surface area contributed by atoms with Crippen molar-refractivity contribution in [2.45, 2.75) is 13.5 Å². The Kier molecular flexibility index (Phi) is 6.61. The number of amides is 2. The van der Waals surface area contributed by atoms with E-state index in [1.54, 1.807) is 18.2 Å². The average Bonchev–Trinajstić information content (AvgIpc) is 2.73. The standard InChI is InChI=1S/C21H20Cl2N4O2/c1-13-3-2-4-19(27(25)21(28)26-24)17(13)12-29-20-11-15(7-10-18(20)23)14-5-8-16(22)9-6-14/h2-11H,12,24-25H2,1H3,(H,26,28). The molecule has 0 aliphatic rings. The van der Waals surface area contributed by atoms with Crippen LogP contribution in [0.3, 0.4) is 0 Å². The van der Waals surface area contributed by atoms with Crippen LogP contribution in [0.2, 0.25) is 10.0 Å². The summed E-state index contributed by atoms with van der Waals surface area (Å²) in [6.45, 7) is 2.07. The number of benzene rings is 3. The van der Waals surface area contributed by atoms with Crippen LogP contribution in [0.25, 0.3) is 11.1 Å². The molecular formula is C21H20Cl2N4O2. The quantitative estimate of drug-likeness (QED) is 0.307. The van der Waals surface area contributed by atoms with E-state index in [-0.39, 0.29) is 6.61 Å². The van der Waals surface area contributed by atoms with Crippen molar-refractivity contribution in [1.29, 1.82) is 0 Å². The van der Waals surface area contributed by atoms with E-state index in [1.165, 1.54) is 0 Å². The molecule has 0 aliphatic carbocycles. The van der Waals surface area contributed by atoms with E-state index < -0.39 is 6.03 Å². The number of nitrogens with one attached hydrogen (secondary N) is 1. The van der Waals surface area contributed by atoms with Crippen LogP contribution in [-0.2, 0) is 6.61 Å². The summed E-state index contributed by atoms with van der Waals surface area (Å²) in [6.07, 6.45) is 0. The fraction of sp³-hybridized carbons (Fsp3) is 0.0952. The summed E-state index contributed by atoms with van der Waals surface area (Å²) in [5.41, 5.74) is 6.07. The number of hydrogen-bond acceptors (Lipinski definition) is 4. The highest BCUT2D eigenvalue weighted by atomic mass is 35.5. The van der Waals surface area contributed by atoms with Crippen molar-refractivity contribution < 1.29 is 9.53 Å². The molecule has 150 valence electrons. The lowest BCUT2D eigenvalue weighted by Crippen LogP contribution is -2.48. The molecule has 0 aromatic heterocycles. The minimum absolute atomic E-state index is 0.164. The largest absolute Gasteiger partial charge is 0.487 e. The Morgan fingerprint density at radius 1 is 1.07 bits per heavy atom. The van der Waals surface area contributed by atoms with E-state index >= 15 is 0 Å². The predicted octanol–water partition coefficient (Wildman–Crippen LogP) is 4.81. The van der Waals surface area contributed by atoms with Gasteiger partial charge < -0.3 is 4.74 Å². The molecule has 2 amide bonds. The number of nitrogens with zero attached hydrogens (tertiary/aromatic N) is 1. The number of halogens is 2. The molecular weight excluding hydrogens is 411 g/mol. The van der Waals surface area contributed by atoms with Crippen LogP contribution in [0.15, 0.2) is 60.7 Å². The van der Waals surface area contributed by atoms with Crippen LogP contribution < -0.4 is 26.9 Å². The third kappa shape index (κ3) is 4.81. The average molecular weight is 431 g/mol. The topological polar surface area (TPSA) is 93.6 Å². The maximum Gasteiger partial charge on any atom is 0.350 e. The maximum atomic E-state index is 11.8. The van der Waals surface area contributed by atoms with Crippen LogP contribution in [-0.4, -0.2) is 6.03 Å². The van der Waals surface area contributed by atoms with Crippen molar-refractivity contribution in [3.05, 3.63) is 81.8 Å². The highest BCUT2D eigenvalue weighted by Crippen LogP contribution is 2.33. The van der Waals surface area contributed by atoms with Crippen molar-refractivity contribution in [1.82, 2.24) is 5.43 Å². The second-order valence-electron chi connectivity index (χ2n) is 6.33. The zero-order valence-corrected chi connectivity index (χ0v) is 17.2. The number of urea groups is 1. The zero-order valence-electron chi connectivity index (χ0n) is 15.7. The molecule has 0 saturated carbocycles. The highest BCUT2D eigenvalue weighted by molar-refractivity contribution is 6.32. The van der Waals surface area contributed by atoms with E-state index in [9.17, 15) is 4.79 Å². The first-order chi connectivity index (χ1) is 13.9. The third-order valence-corrected chi connectivity index (χ3v) is 5.03. The number of hydrazine groups is 2. The lowest BCUT2D eigenvalue weighted by Gasteiger charge is -2.21. The SMILES string of the molecule is Cc1cccc(N(N)C(=O)NN)c1COc1cc(-c2ccc(Cl)cc2)ccc1Cl. The molecule has 0 saturated heterocycles. The Balaban J connectivity index is 1.88. The summed E-state index contributed by atoms with van der Waals surface area (Å²) < 4.78 is 5.99. The number of carbonyl (C=O) groups excluding carboxylic acids is 1. The summed E-state index contributed by atoms with van der Waals surface area (Å²) >= 11 is 12.3. The van der Waals surface area contributed by atoms with Gasteiger partial charge in [0.25, 0.3) is 0 Å². The van der Waals surface area contributed by atoms with Crippen LogP contribution in [0.1, 0.15) is 11.1 Å². The van der Waals surface area contributed by atoms with Gasteiger partial charge in [0.15, 0.2) is 0 Å². The Morgan fingerprint density at radius 2 is 1.76 bits per heavy atom. The van der Waals surface area contributed by atoms with Gasteiger partial charge in [-0.05, 0) is 53.9 Å². The van der Waals surface area contributed by atoms with Gasteiger partial charge in [-0.2, -0.15) is 0 Å². The summed E-state index contributed by atoms with van der Waals surface area (Å²) in [7, 11) is 0.